The maximum atomic E-state index is 14.8. The smallest absolute Gasteiger partial charge is 0.336 e. The summed E-state index contributed by atoms with van der Waals surface area (Å²) in [5.74, 6) is -14.1. The van der Waals surface area contributed by atoms with Crippen LogP contribution in [0.2, 0.25) is 0 Å². The number of nitrogens with one attached hydrogen (secondary N) is 2. The van der Waals surface area contributed by atoms with E-state index >= 15 is 0 Å². The van der Waals surface area contributed by atoms with Gasteiger partial charge in [-0.3, -0.25) is 4.79 Å². The SMILES string of the molecule is CC1=C(C(=O)OCCOc2ccccc2)C(c2c(F)c(F)c(F)c(F)c2F)C2=C(CNCC2=O)N1. The van der Waals surface area contributed by atoms with Crippen LogP contribution in [0.1, 0.15) is 18.4 Å². The Morgan fingerprint density at radius 2 is 1.57 bits per heavy atom. The van der Waals surface area contributed by atoms with Crippen molar-refractivity contribution in [3.63, 3.8) is 0 Å². The topological polar surface area (TPSA) is 76.7 Å². The molecule has 2 aliphatic heterocycles. The van der Waals surface area contributed by atoms with Crippen molar-refractivity contribution in [2.45, 2.75) is 12.8 Å². The summed E-state index contributed by atoms with van der Waals surface area (Å²) in [4.78, 5) is 25.7. The van der Waals surface area contributed by atoms with Gasteiger partial charge in [0.05, 0.1) is 18.0 Å². The van der Waals surface area contributed by atoms with Crippen LogP contribution >= 0.6 is 0 Å². The average molecular weight is 494 g/mol. The van der Waals surface area contributed by atoms with E-state index in [4.69, 9.17) is 9.47 Å². The third-order valence-electron chi connectivity index (χ3n) is 5.61. The fraction of sp³-hybridized carbons (Fsp3) is 0.250. The third kappa shape index (κ3) is 4.51. The summed E-state index contributed by atoms with van der Waals surface area (Å²) in [6, 6.07) is 8.60. The maximum absolute atomic E-state index is 14.8. The standard InChI is InChI=1S/C24H19F5N2O4/c1-11-15(24(33)35-8-7-34-12-5-3-2-4-6-12)17(16-13(31-11)9-30-10-14(16)32)18-19(25)21(27)23(29)22(28)20(18)26/h2-6,17,30-31H,7-10H2,1H3. The number of dihydropyridines is 1. The Balaban J connectivity index is 1.70. The van der Waals surface area contributed by atoms with Crippen molar-refractivity contribution in [2.75, 3.05) is 26.3 Å². The molecule has 0 aliphatic carbocycles. The zero-order chi connectivity index (χ0) is 25.3. The number of ether oxygens (including phenoxy) is 2. The average Bonchev–Trinajstić information content (AvgIpc) is 2.84. The molecule has 0 bridgehead atoms. The Morgan fingerprint density at radius 1 is 0.943 bits per heavy atom. The number of para-hydroxylation sites is 1. The Kier molecular flexibility index (Phi) is 6.88. The molecule has 0 saturated carbocycles. The molecular formula is C24H19F5N2O4. The second kappa shape index (κ2) is 9.87. The van der Waals surface area contributed by atoms with E-state index in [1.54, 1.807) is 30.3 Å². The number of rotatable bonds is 6. The lowest BCUT2D eigenvalue weighted by Crippen LogP contribution is -2.43. The predicted molar refractivity (Wildman–Crippen MR) is 113 cm³/mol. The summed E-state index contributed by atoms with van der Waals surface area (Å²) in [6.07, 6.45) is 0. The minimum absolute atomic E-state index is 0.0446. The van der Waals surface area contributed by atoms with Gasteiger partial charge in [-0.25, -0.2) is 26.7 Å². The number of Topliss-reactive ketones (excluding diaryl/α,β-unsaturated/α-hetero) is 1. The first-order valence-corrected chi connectivity index (χ1v) is 10.5. The lowest BCUT2D eigenvalue weighted by molar-refractivity contribution is -0.140. The van der Waals surface area contributed by atoms with Crippen LogP contribution in [0.15, 0.2) is 52.9 Å². The van der Waals surface area contributed by atoms with Gasteiger partial charge in [-0.05, 0) is 19.1 Å². The van der Waals surface area contributed by atoms with Crippen molar-refractivity contribution in [1.82, 2.24) is 10.6 Å². The predicted octanol–water partition coefficient (Wildman–Crippen LogP) is 3.39. The summed E-state index contributed by atoms with van der Waals surface area (Å²) in [7, 11) is 0. The van der Waals surface area contributed by atoms with Crippen molar-refractivity contribution < 1.29 is 41.0 Å². The second-order valence-electron chi connectivity index (χ2n) is 7.80. The van der Waals surface area contributed by atoms with E-state index in [0.717, 1.165) is 0 Å². The van der Waals surface area contributed by atoms with Gasteiger partial charge in [0.2, 0.25) is 5.82 Å². The summed E-state index contributed by atoms with van der Waals surface area (Å²) < 4.78 is 82.2. The molecule has 2 heterocycles. The number of carbonyl (C=O) groups is 2. The monoisotopic (exact) mass is 494 g/mol. The highest BCUT2D eigenvalue weighted by Gasteiger charge is 2.43. The van der Waals surface area contributed by atoms with Crippen LogP contribution in [0.4, 0.5) is 22.0 Å². The molecule has 6 nitrogen and oxygen atoms in total. The highest BCUT2D eigenvalue weighted by molar-refractivity contribution is 6.04. The summed E-state index contributed by atoms with van der Waals surface area (Å²) in [5, 5.41) is 5.58. The highest BCUT2D eigenvalue weighted by atomic mass is 19.2. The number of hydrogen-bond acceptors (Lipinski definition) is 6. The van der Waals surface area contributed by atoms with Crippen LogP contribution in [0.25, 0.3) is 0 Å². The Morgan fingerprint density at radius 3 is 2.23 bits per heavy atom. The summed E-state index contributed by atoms with van der Waals surface area (Å²) >= 11 is 0. The lowest BCUT2D eigenvalue weighted by atomic mass is 9.77. The molecule has 2 aromatic rings. The molecule has 0 spiro atoms. The minimum Gasteiger partial charge on any atom is -0.490 e. The fourth-order valence-corrected chi connectivity index (χ4v) is 4.08. The first-order valence-electron chi connectivity index (χ1n) is 10.5. The van der Waals surface area contributed by atoms with Crippen LogP contribution in [-0.2, 0) is 14.3 Å². The van der Waals surface area contributed by atoms with Crippen LogP contribution in [0.3, 0.4) is 0 Å². The van der Waals surface area contributed by atoms with Crippen molar-refractivity contribution in [3.05, 3.63) is 87.5 Å². The molecule has 2 aromatic carbocycles. The molecule has 0 aromatic heterocycles. The lowest BCUT2D eigenvalue weighted by Gasteiger charge is -2.34. The molecule has 35 heavy (non-hydrogen) atoms. The number of carbonyl (C=O) groups excluding carboxylic acids is 2. The number of halogens is 5. The molecular weight excluding hydrogens is 475 g/mol. The van der Waals surface area contributed by atoms with E-state index in [9.17, 15) is 31.5 Å². The Hall–Kier alpha value is -3.73. The largest absolute Gasteiger partial charge is 0.490 e. The third-order valence-corrected chi connectivity index (χ3v) is 5.61. The van der Waals surface area contributed by atoms with Crippen LogP contribution in [-0.4, -0.2) is 38.1 Å². The van der Waals surface area contributed by atoms with Crippen LogP contribution < -0.4 is 15.4 Å². The molecule has 2 aliphatic rings. The number of allylic oxidation sites excluding steroid dienone is 1. The van der Waals surface area contributed by atoms with Gasteiger partial charge in [0.15, 0.2) is 29.1 Å². The molecule has 0 fully saturated rings. The van der Waals surface area contributed by atoms with Gasteiger partial charge in [0.1, 0.15) is 19.0 Å². The zero-order valence-corrected chi connectivity index (χ0v) is 18.3. The van der Waals surface area contributed by atoms with Crippen molar-refractivity contribution >= 4 is 11.8 Å². The maximum Gasteiger partial charge on any atom is 0.336 e. The molecule has 184 valence electrons. The van der Waals surface area contributed by atoms with Gasteiger partial charge in [-0.1, -0.05) is 18.2 Å². The number of esters is 1. The van der Waals surface area contributed by atoms with E-state index in [-0.39, 0.29) is 43.3 Å². The van der Waals surface area contributed by atoms with E-state index in [2.05, 4.69) is 10.6 Å². The zero-order valence-electron chi connectivity index (χ0n) is 18.3. The van der Waals surface area contributed by atoms with Gasteiger partial charge in [-0.2, -0.15) is 0 Å². The molecule has 0 radical (unpaired) electrons. The molecule has 2 N–H and O–H groups in total. The van der Waals surface area contributed by atoms with E-state index in [0.29, 0.717) is 5.75 Å². The number of ketones is 1. The second-order valence-corrected chi connectivity index (χ2v) is 7.80. The van der Waals surface area contributed by atoms with Crippen molar-refractivity contribution in [1.29, 1.82) is 0 Å². The van der Waals surface area contributed by atoms with Gasteiger partial charge >= 0.3 is 5.97 Å². The molecule has 1 atom stereocenters. The summed E-state index contributed by atoms with van der Waals surface area (Å²) in [6.45, 7) is 0.824. The van der Waals surface area contributed by atoms with Crippen molar-refractivity contribution in [2.24, 2.45) is 0 Å². The first kappa shape index (κ1) is 24.4. The summed E-state index contributed by atoms with van der Waals surface area (Å²) in [5.41, 5.74) is -1.80. The van der Waals surface area contributed by atoms with Crippen LogP contribution in [0, 0.1) is 29.1 Å². The fourth-order valence-electron chi connectivity index (χ4n) is 4.08. The van der Waals surface area contributed by atoms with E-state index in [1.165, 1.54) is 6.92 Å². The van der Waals surface area contributed by atoms with E-state index in [1.807, 2.05) is 0 Å². The molecule has 11 heteroatoms. The van der Waals surface area contributed by atoms with Gasteiger partial charge in [0, 0.05) is 29.1 Å². The molecule has 0 saturated heterocycles. The minimum atomic E-state index is -2.34. The molecule has 4 rings (SSSR count). The quantitative estimate of drug-likeness (QED) is 0.211. The van der Waals surface area contributed by atoms with Crippen LogP contribution in [0.5, 0.6) is 5.75 Å². The molecule has 1 unspecified atom stereocenters. The molecule has 0 amide bonds. The van der Waals surface area contributed by atoms with E-state index < -0.39 is 57.9 Å². The number of hydrogen-bond donors (Lipinski definition) is 2. The van der Waals surface area contributed by atoms with Gasteiger partial charge in [-0.15, -0.1) is 0 Å². The Labute approximate surface area is 196 Å². The first-order chi connectivity index (χ1) is 16.7. The van der Waals surface area contributed by atoms with Gasteiger partial charge < -0.3 is 20.1 Å². The highest BCUT2D eigenvalue weighted by Crippen LogP contribution is 2.43. The Bertz CT molecular complexity index is 1230. The van der Waals surface area contributed by atoms with Crippen molar-refractivity contribution in [3.8, 4) is 5.75 Å². The number of benzene rings is 2. The normalized spacial score (nSPS) is 17.8. The van der Waals surface area contributed by atoms with Gasteiger partial charge in [0.25, 0.3) is 0 Å².